The number of ether oxygens (including phenoxy) is 1. The molecular formula is C14H11F3O3. The third-order valence-corrected chi connectivity index (χ3v) is 2.57. The van der Waals surface area contributed by atoms with Crippen molar-refractivity contribution in [3.8, 4) is 5.75 Å². The Bertz CT molecular complexity index is 574. The van der Waals surface area contributed by atoms with E-state index in [0.29, 0.717) is 12.2 Å². The average Bonchev–Trinajstić information content (AvgIpc) is 2.87. The van der Waals surface area contributed by atoms with Gasteiger partial charge >= 0.3 is 6.36 Å². The van der Waals surface area contributed by atoms with E-state index in [2.05, 4.69) is 4.74 Å². The Morgan fingerprint density at radius 1 is 1.20 bits per heavy atom. The highest BCUT2D eigenvalue weighted by molar-refractivity contribution is 5.96. The van der Waals surface area contributed by atoms with Crippen LogP contribution in [0.2, 0.25) is 0 Å². The maximum atomic E-state index is 12.1. The van der Waals surface area contributed by atoms with Crippen molar-refractivity contribution < 1.29 is 27.1 Å². The van der Waals surface area contributed by atoms with Crippen molar-refractivity contribution in [1.82, 2.24) is 0 Å². The topological polar surface area (TPSA) is 39.4 Å². The Morgan fingerprint density at radius 3 is 2.65 bits per heavy atom. The van der Waals surface area contributed by atoms with Gasteiger partial charge in [-0.05, 0) is 24.3 Å². The lowest BCUT2D eigenvalue weighted by Gasteiger charge is -2.09. The molecule has 0 radical (unpaired) electrons. The second-order valence-corrected chi connectivity index (χ2v) is 4.08. The molecule has 0 bridgehead atoms. The molecular weight excluding hydrogens is 273 g/mol. The summed E-state index contributed by atoms with van der Waals surface area (Å²) >= 11 is 0. The van der Waals surface area contributed by atoms with Crippen LogP contribution in [-0.2, 0) is 6.42 Å². The van der Waals surface area contributed by atoms with Crippen LogP contribution in [0.15, 0.2) is 47.1 Å². The van der Waals surface area contributed by atoms with Crippen LogP contribution in [0.1, 0.15) is 22.5 Å². The lowest BCUT2D eigenvalue weighted by atomic mass is 10.1. The molecule has 2 aromatic rings. The fourth-order valence-electron chi connectivity index (χ4n) is 1.70. The Morgan fingerprint density at radius 2 is 2.00 bits per heavy atom. The van der Waals surface area contributed by atoms with Crippen LogP contribution in [0.3, 0.4) is 0 Å². The summed E-state index contributed by atoms with van der Waals surface area (Å²) in [5.74, 6) is -0.0172. The molecule has 0 aliphatic carbocycles. The normalized spacial score (nSPS) is 11.3. The molecule has 0 aliphatic heterocycles. The number of carbonyl (C=O) groups excluding carboxylic acids is 1. The van der Waals surface area contributed by atoms with Gasteiger partial charge in [-0.3, -0.25) is 4.79 Å². The van der Waals surface area contributed by atoms with E-state index in [4.69, 9.17) is 4.42 Å². The molecule has 6 heteroatoms. The number of Topliss-reactive ketones (excluding diaryl/α,β-unsaturated/α-hetero) is 1. The molecule has 0 amide bonds. The standard InChI is InChI=1S/C14H11F3O3/c15-14(16,17)20-12-4-1-3-10(9-12)13(18)7-6-11-5-2-8-19-11/h1-5,8-9H,6-7H2. The van der Waals surface area contributed by atoms with Crippen molar-refractivity contribution in [3.63, 3.8) is 0 Å². The maximum Gasteiger partial charge on any atom is 0.573 e. The summed E-state index contributed by atoms with van der Waals surface area (Å²) in [5, 5.41) is 0. The second-order valence-electron chi connectivity index (χ2n) is 4.08. The van der Waals surface area contributed by atoms with Crippen molar-refractivity contribution >= 4 is 5.78 Å². The number of halogens is 3. The highest BCUT2D eigenvalue weighted by Gasteiger charge is 2.31. The minimum atomic E-state index is -4.77. The summed E-state index contributed by atoms with van der Waals surface area (Å²) in [4.78, 5) is 11.9. The number of rotatable bonds is 5. The minimum Gasteiger partial charge on any atom is -0.469 e. The van der Waals surface area contributed by atoms with Gasteiger partial charge in [0.25, 0.3) is 0 Å². The summed E-state index contributed by atoms with van der Waals surface area (Å²) in [5.41, 5.74) is 0.179. The number of carbonyl (C=O) groups is 1. The summed E-state index contributed by atoms with van der Waals surface area (Å²) in [6.07, 6.45) is -2.72. The van der Waals surface area contributed by atoms with Gasteiger partial charge in [0.15, 0.2) is 5.78 Å². The number of hydrogen-bond donors (Lipinski definition) is 0. The third kappa shape index (κ3) is 4.15. The van der Waals surface area contributed by atoms with E-state index >= 15 is 0 Å². The Balaban J connectivity index is 2.01. The van der Waals surface area contributed by atoms with E-state index in [0.717, 1.165) is 12.1 Å². The molecule has 0 N–H and O–H groups in total. The zero-order chi connectivity index (χ0) is 14.6. The van der Waals surface area contributed by atoms with Crippen molar-refractivity contribution in [1.29, 1.82) is 0 Å². The van der Waals surface area contributed by atoms with Gasteiger partial charge in [-0.2, -0.15) is 0 Å². The Labute approximate surface area is 113 Å². The second kappa shape index (κ2) is 5.81. The first kappa shape index (κ1) is 14.2. The molecule has 0 aliphatic rings. The van der Waals surface area contributed by atoms with E-state index in [-0.39, 0.29) is 17.8 Å². The molecule has 106 valence electrons. The van der Waals surface area contributed by atoms with Gasteiger partial charge in [-0.15, -0.1) is 13.2 Å². The summed E-state index contributed by atoms with van der Waals surface area (Å²) < 4.78 is 45.1. The molecule has 0 saturated carbocycles. The fourth-order valence-corrected chi connectivity index (χ4v) is 1.70. The van der Waals surface area contributed by atoms with E-state index in [1.807, 2.05) is 0 Å². The minimum absolute atomic E-state index is 0.156. The first-order chi connectivity index (χ1) is 9.44. The molecule has 0 atom stereocenters. The van der Waals surface area contributed by atoms with Crippen molar-refractivity contribution in [3.05, 3.63) is 54.0 Å². The van der Waals surface area contributed by atoms with Crippen LogP contribution in [0.5, 0.6) is 5.75 Å². The van der Waals surface area contributed by atoms with E-state index in [9.17, 15) is 18.0 Å². The lowest BCUT2D eigenvalue weighted by molar-refractivity contribution is -0.274. The summed E-state index contributed by atoms with van der Waals surface area (Å²) in [6.45, 7) is 0. The number of ketones is 1. The maximum absolute atomic E-state index is 12.1. The highest BCUT2D eigenvalue weighted by atomic mass is 19.4. The Kier molecular flexibility index (Phi) is 4.12. The van der Waals surface area contributed by atoms with Crippen LogP contribution in [0.4, 0.5) is 13.2 Å². The monoisotopic (exact) mass is 284 g/mol. The molecule has 1 aromatic heterocycles. The van der Waals surface area contributed by atoms with Crippen LogP contribution < -0.4 is 4.74 Å². The number of alkyl halides is 3. The summed E-state index contributed by atoms with van der Waals surface area (Å²) in [7, 11) is 0. The number of hydrogen-bond acceptors (Lipinski definition) is 3. The zero-order valence-electron chi connectivity index (χ0n) is 10.3. The largest absolute Gasteiger partial charge is 0.573 e. The van der Waals surface area contributed by atoms with Crippen molar-refractivity contribution in [2.45, 2.75) is 19.2 Å². The van der Waals surface area contributed by atoms with Crippen LogP contribution in [0, 0.1) is 0 Å². The van der Waals surface area contributed by atoms with Crippen LogP contribution in [0.25, 0.3) is 0 Å². The zero-order valence-corrected chi connectivity index (χ0v) is 10.3. The quantitative estimate of drug-likeness (QED) is 0.779. The van der Waals surface area contributed by atoms with Gasteiger partial charge in [-0.1, -0.05) is 12.1 Å². The summed E-state index contributed by atoms with van der Waals surface area (Å²) in [6, 6.07) is 8.47. The van der Waals surface area contributed by atoms with Gasteiger partial charge in [0.05, 0.1) is 6.26 Å². The smallest absolute Gasteiger partial charge is 0.469 e. The van der Waals surface area contributed by atoms with E-state index < -0.39 is 12.1 Å². The van der Waals surface area contributed by atoms with E-state index in [1.54, 1.807) is 12.1 Å². The van der Waals surface area contributed by atoms with Gasteiger partial charge in [0, 0.05) is 18.4 Å². The molecule has 20 heavy (non-hydrogen) atoms. The predicted molar refractivity (Wildman–Crippen MR) is 64.5 cm³/mol. The highest BCUT2D eigenvalue weighted by Crippen LogP contribution is 2.23. The van der Waals surface area contributed by atoms with Gasteiger partial charge in [0.2, 0.25) is 0 Å². The van der Waals surface area contributed by atoms with Gasteiger partial charge < -0.3 is 9.15 Å². The Hall–Kier alpha value is -2.24. The van der Waals surface area contributed by atoms with Gasteiger partial charge in [0.1, 0.15) is 11.5 Å². The first-order valence-electron chi connectivity index (χ1n) is 5.85. The number of furan rings is 1. The lowest BCUT2D eigenvalue weighted by Crippen LogP contribution is -2.17. The molecule has 0 spiro atoms. The van der Waals surface area contributed by atoms with Crippen molar-refractivity contribution in [2.75, 3.05) is 0 Å². The first-order valence-corrected chi connectivity index (χ1v) is 5.85. The SMILES string of the molecule is O=C(CCc1ccco1)c1cccc(OC(F)(F)F)c1. The van der Waals surface area contributed by atoms with Gasteiger partial charge in [-0.25, -0.2) is 0 Å². The number of benzene rings is 1. The molecule has 1 heterocycles. The molecule has 2 rings (SSSR count). The van der Waals surface area contributed by atoms with Crippen LogP contribution in [-0.4, -0.2) is 12.1 Å². The predicted octanol–water partition coefficient (Wildman–Crippen LogP) is 3.99. The molecule has 3 nitrogen and oxygen atoms in total. The molecule has 0 fully saturated rings. The van der Waals surface area contributed by atoms with Crippen molar-refractivity contribution in [2.24, 2.45) is 0 Å². The van der Waals surface area contributed by atoms with Crippen LogP contribution >= 0.6 is 0 Å². The number of aryl methyl sites for hydroxylation is 1. The molecule has 1 aromatic carbocycles. The molecule has 0 unspecified atom stereocenters. The van der Waals surface area contributed by atoms with E-state index in [1.165, 1.54) is 18.4 Å². The fraction of sp³-hybridized carbons (Fsp3) is 0.214. The average molecular weight is 284 g/mol. The molecule has 0 saturated heterocycles. The third-order valence-electron chi connectivity index (χ3n) is 2.57.